The first-order chi connectivity index (χ1) is 7.29. The maximum absolute atomic E-state index is 11.8. The average molecular weight is 288 g/mol. The molecule has 0 aromatic rings. The standard InChI is InChI=1S/C13H22BrNO/c1-8(14)11(16)15-10-7-9-5-6-13(10,4)12(9,2)3/h8-10H,5-7H2,1-4H3,(H,15,16). The number of hydrogen-bond acceptors (Lipinski definition) is 1. The van der Waals surface area contributed by atoms with Crippen LogP contribution in [0.5, 0.6) is 0 Å². The molecule has 2 nitrogen and oxygen atoms in total. The van der Waals surface area contributed by atoms with Crippen LogP contribution in [0.2, 0.25) is 0 Å². The first kappa shape index (κ1) is 12.4. The predicted molar refractivity (Wildman–Crippen MR) is 69.5 cm³/mol. The van der Waals surface area contributed by atoms with Crippen LogP contribution in [0.1, 0.15) is 47.0 Å². The molecule has 1 amide bonds. The van der Waals surface area contributed by atoms with Gasteiger partial charge >= 0.3 is 0 Å². The molecule has 1 N–H and O–H groups in total. The molecule has 2 bridgehead atoms. The Hall–Kier alpha value is -0.0500. The van der Waals surface area contributed by atoms with Crippen LogP contribution in [0.15, 0.2) is 0 Å². The summed E-state index contributed by atoms with van der Waals surface area (Å²) in [5, 5.41) is 3.22. The first-order valence-corrected chi connectivity index (χ1v) is 7.15. The van der Waals surface area contributed by atoms with Crippen LogP contribution in [-0.4, -0.2) is 16.8 Å². The first-order valence-electron chi connectivity index (χ1n) is 6.23. The van der Waals surface area contributed by atoms with Gasteiger partial charge in [-0.2, -0.15) is 0 Å². The maximum atomic E-state index is 11.8. The van der Waals surface area contributed by atoms with Crippen molar-refractivity contribution in [3.05, 3.63) is 0 Å². The Labute approximate surface area is 107 Å². The van der Waals surface area contributed by atoms with Crippen molar-refractivity contribution in [2.45, 2.75) is 57.8 Å². The number of carbonyl (C=O) groups excluding carboxylic acids is 1. The van der Waals surface area contributed by atoms with E-state index in [0.29, 0.717) is 11.5 Å². The molecule has 2 fully saturated rings. The van der Waals surface area contributed by atoms with E-state index in [2.05, 4.69) is 42.0 Å². The molecular formula is C13H22BrNO. The van der Waals surface area contributed by atoms with Crippen molar-refractivity contribution in [2.75, 3.05) is 0 Å². The van der Waals surface area contributed by atoms with Gasteiger partial charge in [-0.3, -0.25) is 4.79 Å². The summed E-state index contributed by atoms with van der Waals surface area (Å²) < 4.78 is 0. The third-order valence-corrected chi connectivity index (χ3v) is 5.89. The van der Waals surface area contributed by atoms with Gasteiger partial charge < -0.3 is 5.32 Å². The van der Waals surface area contributed by atoms with E-state index in [4.69, 9.17) is 0 Å². The Morgan fingerprint density at radius 1 is 1.44 bits per heavy atom. The fourth-order valence-electron chi connectivity index (χ4n) is 3.71. The van der Waals surface area contributed by atoms with Crippen molar-refractivity contribution in [3.63, 3.8) is 0 Å². The molecule has 0 aromatic carbocycles. The van der Waals surface area contributed by atoms with Crippen molar-refractivity contribution >= 4 is 21.8 Å². The Balaban J connectivity index is 2.13. The zero-order valence-electron chi connectivity index (χ0n) is 10.6. The maximum Gasteiger partial charge on any atom is 0.233 e. The molecule has 16 heavy (non-hydrogen) atoms. The van der Waals surface area contributed by atoms with E-state index >= 15 is 0 Å². The summed E-state index contributed by atoms with van der Waals surface area (Å²) in [5.41, 5.74) is 0.662. The number of nitrogens with one attached hydrogen (secondary N) is 1. The lowest BCUT2D eigenvalue weighted by Crippen LogP contribution is -2.48. The topological polar surface area (TPSA) is 29.1 Å². The van der Waals surface area contributed by atoms with Crippen LogP contribution in [0.25, 0.3) is 0 Å². The highest BCUT2D eigenvalue weighted by molar-refractivity contribution is 9.10. The second-order valence-electron chi connectivity index (χ2n) is 6.29. The summed E-state index contributed by atoms with van der Waals surface area (Å²) in [4.78, 5) is 11.7. The fourth-order valence-corrected chi connectivity index (χ4v) is 3.84. The van der Waals surface area contributed by atoms with Gasteiger partial charge in [0.05, 0.1) is 4.83 Å². The monoisotopic (exact) mass is 287 g/mol. The van der Waals surface area contributed by atoms with Crippen LogP contribution < -0.4 is 5.32 Å². The molecule has 0 saturated heterocycles. The normalized spacial score (nSPS) is 42.1. The van der Waals surface area contributed by atoms with Gasteiger partial charge in [-0.25, -0.2) is 0 Å². The van der Waals surface area contributed by atoms with Gasteiger partial charge in [-0.05, 0) is 42.9 Å². The van der Waals surface area contributed by atoms with Crippen molar-refractivity contribution < 1.29 is 4.79 Å². The highest BCUT2D eigenvalue weighted by Gasteiger charge is 2.61. The summed E-state index contributed by atoms with van der Waals surface area (Å²) in [5.74, 6) is 0.919. The number of hydrogen-bond donors (Lipinski definition) is 1. The molecule has 0 aromatic heterocycles. The minimum absolute atomic E-state index is 0.0849. The van der Waals surface area contributed by atoms with Crippen LogP contribution in [0.4, 0.5) is 0 Å². The van der Waals surface area contributed by atoms with Gasteiger partial charge in [-0.15, -0.1) is 0 Å². The van der Waals surface area contributed by atoms with Crippen LogP contribution in [0, 0.1) is 16.7 Å². The van der Waals surface area contributed by atoms with E-state index in [9.17, 15) is 4.79 Å². The molecule has 2 aliphatic carbocycles. The van der Waals surface area contributed by atoms with Crippen LogP contribution >= 0.6 is 15.9 Å². The third kappa shape index (κ3) is 1.54. The number of halogens is 1. The molecule has 0 radical (unpaired) electrons. The molecule has 3 heteroatoms. The summed E-state index contributed by atoms with van der Waals surface area (Å²) in [6.45, 7) is 8.97. The van der Waals surface area contributed by atoms with E-state index in [1.807, 2.05) is 6.92 Å². The number of alkyl halides is 1. The Bertz CT molecular complexity index is 313. The average Bonchev–Trinajstić information content (AvgIpc) is 2.50. The SMILES string of the molecule is CC(Br)C(=O)NC1CC2CCC1(C)C2(C)C. The van der Waals surface area contributed by atoms with Gasteiger partial charge in [0.15, 0.2) is 0 Å². The van der Waals surface area contributed by atoms with Gasteiger partial charge in [0.1, 0.15) is 0 Å². The third-order valence-electron chi connectivity index (χ3n) is 5.47. The van der Waals surface area contributed by atoms with E-state index in [-0.39, 0.29) is 16.1 Å². The molecule has 4 unspecified atom stereocenters. The van der Waals surface area contributed by atoms with Crippen LogP contribution in [0.3, 0.4) is 0 Å². The van der Waals surface area contributed by atoms with E-state index < -0.39 is 0 Å². The molecule has 2 saturated carbocycles. The number of rotatable bonds is 2. The van der Waals surface area contributed by atoms with Crippen molar-refractivity contribution in [1.29, 1.82) is 0 Å². The van der Waals surface area contributed by atoms with Crippen molar-refractivity contribution in [3.8, 4) is 0 Å². The molecular weight excluding hydrogens is 266 g/mol. The quantitative estimate of drug-likeness (QED) is 0.777. The molecule has 2 aliphatic rings. The second-order valence-corrected chi connectivity index (χ2v) is 7.66. The smallest absolute Gasteiger partial charge is 0.233 e. The van der Waals surface area contributed by atoms with E-state index in [0.717, 1.165) is 12.3 Å². The van der Waals surface area contributed by atoms with Gasteiger partial charge in [0.2, 0.25) is 5.91 Å². The van der Waals surface area contributed by atoms with E-state index in [1.165, 1.54) is 12.8 Å². The lowest BCUT2D eigenvalue weighted by atomic mass is 9.69. The minimum Gasteiger partial charge on any atom is -0.352 e. The lowest BCUT2D eigenvalue weighted by Gasteiger charge is -2.39. The molecule has 0 aliphatic heterocycles. The fraction of sp³-hybridized carbons (Fsp3) is 0.923. The Morgan fingerprint density at radius 2 is 2.06 bits per heavy atom. The van der Waals surface area contributed by atoms with Gasteiger partial charge in [0.25, 0.3) is 0 Å². The van der Waals surface area contributed by atoms with E-state index in [1.54, 1.807) is 0 Å². The summed E-state index contributed by atoms with van der Waals surface area (Å²) in [6, 6.07) is 0.369. The van der Waals surface area contributed by atoms with Crippen molar-refractivity contribution in [2.24, 2.45) is 16.7 Å². The molecule has 2 rings (SSSR count). The minimum atomic E-state index is -0.0849. The summed E-state index contributed by atoms with van der Waals surface area (Å²) in [6.07, 6.45) is 3.75. The van der Waals surface area contributed by atoms with Gasteiger partial charge in [-0.1, -0.05) is 36.7 Å². The zero-order chi connectivity index (χ0) is 12.1. The number of fused-ring (bicyclic) bond motifs is 2. The Kier molecular flexibility index (Phi) is 2.89. The Morgan fingerprint density at radius 3 is 2.44 bits per heavy atom. The second kappa shape index (κ2) is 3.72. The van der Waals surface area contributed by atoms with Crippen LogP contribution in [-0.2, 0) is 4.79 Å². The highest BCUT2D eigenvalue weighted by atomic mass is 79.9. The largest absolute Gasteiger partial charge is 0.352 e. The number of carbonyl (C=O) groups is 1. The molecule has 4 atom stereocenters. The highest BCUT2D eigenvalue weighted by Crippen LogP contribution is 2.65. The summed E-state index contributed by atoms with van der Waals surface area (Å²) >= 11 is 3.33. The summed E-state index contributed by atoms with van der Waals surface area (Å²) in [7, 11) is 0. The zero-order valence-corrected chi connectivity index (χ0v) is 12.2. The predicted octanol–water partition coefficient (Wildman–Crippen LogP) is 3.10. The molecule has 0 spiro atoms. The molecule has 92 valence electrons. The number of amides is 1. The lowest BCUT2D eigenvalue weighted by molar-refractivity contribution is -0.121. The van der Waals surface area contributed by atoms with Crippen molar-refractivity contribution in [1.82, 2.24) is 5.32 Å². The molecule has 0 heterocycles. The van der Waals surface area contributed by atoms with Gasteiger partial charge in [0, 0.05) is 6.04 Å².